The number of aromatic nitrogens is 6. The van der Waals surface area contributed by atoms with Gasteiger partial charge in [-0.15, -0.1) is 10.2 Å². The molecule has 0 fully saturated rings. The minimum Gasteiger partial charge on any atom is -0.272 e. The van der Waals surface area contributed by atoms with Crippen LogP contribution in [-0.2, 0) is 6.54 Å². The highest BCUT2D eigenvalue weighted by Gasteiger charge is 2.18. The molecule has 5 rings (SSSR count). The van der Waals surface area contributed by atoms with E-state index < -0.39 is 0 Å². The number of benzene rings is 2. The Morgan fingerprint density at radius 2 is 1.90 bits per heavy atom. The molecule has 2 aromatic carbocycles. The zero-order valence-corrected chi connectivity index (χ0v) is 17.5. The normalized spacial score (nSPS) is 11.5. The summed E-state index contributed by atoms with van der Waals surface area (Å²) in [5, 5.41) is 14.5. The molecular weight excluding hydrogens is 396 g/mol. The summed E-state index contributed by atoms with van der Waals surface area (Å²) in [7, 11) is 0. The number of aryl methyl sites for hydroxylation is 3. The van der Waals surface area contributed by atoms with Gasteiger partial charge in [0.2, 0.25) is 5.78 Å². The van der Waals surface area contributed by atoms with Gasteiger partial charge in [0.1, 0.15) is 0 Å². The summed E-state index contributed by atoms with van der Waals surface area (Å²) in [6.45, 7) is 4.79. The molecule has 0 bridgehead atoms. The van der Waals surface area contributed by atoms with Crippen molar-refractivity contribution in [1.29, 1.82) is 0 Å². The molecule has 0 aliphatic heterocycles. The Bertz CT molecular complexity index is 1420. The fraction of sp³-hybridized carbons (Fsp3) is 0.182. The van der Waals surface area contributed by atoms with Crippen molar-refractivity contribution in [3.63, 3.8) is 0 Å². The molecule has 5 aromatic rings. The molecule has 3 aromatic heterocycles. The van der Waals surface area contributed by atoms with Crippen LogP contribution in [0.2, 0.25) is 0 Å². The third-order valence-electron chi connectivity index (χ3n) is 5.11. The van der Waals surface area contributed by atoms with Crippen molar-refractivity contribution in [2.75, 3.05) is 5.75 Å². The molecule has 30 heavy (non-hydrogen) atoms. The Morgan fingerprint density at radius 3 is 2.73 bits per heavy atom. The van der Waals surface area contributed by atoms with Crippen LogP contribution in [0, 0.1) is 13.8 Å². The van der Waals surface area contributed by atoms with Gasteiger partial charge in [-0.1, -0.05) is 36.0 Å². The Morgan fingerprint density at radius 1 is 1.03 bits per heavy atom. The molecular formula is C22H20N6OS. The average molecular weight is 417 g/mol. The van der Waals surface area contributed by atoms with Gasteiger partial charge in [-0.25, -0.2) is 4.57 Å². The van der Waals surface area contributed by atoms with E-state index in [4.69, 9.17) is 0 Å². The van der Waals surface area contributed by atoms with Crippen molar-refractivity contribution in [1.82, 2.24) is 28.9 Å². The van der Waals surface area contributed by atoms with Crippen molar-refractivity contribution in [2.24, 2.45) is 0 Å². The van der Waals surface area contributed by atoms with E-state index >= 15 is 0 Å². The van der Waals surface area contributed by atoms with Crippen LogP contribution in [0.5, 0.6) is 0 Å². The molecule has 0 unspecified atom stereocenters. The Hall–Kier alpha value is -3.39. The highest BCUT2D eigenvalue weighted by atomic mass is 32.2. The van der Waals surface area contributed by atoms with Crippen LogP contribution in [0.1, 0.15) is 11.1 Å². The standard InChI is InChI=1S/C22H20N6OS/c1-15-8-9-16(2)19(14-15)27-20(29)17-6-3-4-7-18(17)28-21(27)24-25-22(28)30-13-12-26-11-5-10-23-26/h3-11,14H,12-13H2,1-2H3. The van der Waals surface area contributed by atoms with Crippen LogP contribution < -0.4 is 5.56 Å². The molecule has 8 heteroatoms. The number of thioether (sulfide) groups is 1. The topological polar surface area (TPSA) is 70.0 Å². The SMILES string of the molecule is Cc1ccc(C)c(-n2c(=O)c3ccccc3n3c(SCCn4cccn4)nnc23)c1. The summed E-state index contributed by atoms with van der Waals surface area (Å²) in [6, 6.07) is 15.6. The first kappa shape index (κ1) is 18.6. The molecule has 0 aliphatic rings. The first-order valence-corrected chi connectivity index (χ1v) is 10.7. The van der Waals surface area contributed by atoms with E-state index in [1.54, 1.807) is 22.5 Å². The molecule has 0 spiro atoms. The fourth-order valence-electron chi connectivity index (χ4n) is 3.61. The molecule has 7 nitrogen and oxygen atoms in total. The van der Waals surface area contributed by atoms with E-state index in [-0.39, 0.29) is 5.56 Å². The van der Waals surface area contributed by atoms with E-state index in [1.807, 2.05) is 77.7 Å². The number of rotatable bonds is 5. The smallest absolute Gasteiger partial charge is 0.267 e. The van der Waals surface area contributed by atoms with E-state index in [1.165, 1.54) is 0 Å². The van der Waals surface area contributed by atoms with Gasteiger partial charge in [0.15, 0.2) is 5.16 Å². The minimum absolute atomic E-state index is 0.0905. The zero-order chi connectivity index (χ0) is 20.7. The Labute approximate surface area is 177 Å². The van der Waals surface area contributed by atoms with Crippen LogP contribution >= 0.6 is 11.8 Å². The van der Waals surface area contributed by atoms with Crippen LogP contribution in [0.25, 0.3) is 22.4 Å². The molecule has 0 radical (unpaired) electrons. The fourth-order valence-corrected chi connectivity index (χ4v) is 4.48. The zero-order valence-electron chi connectivity index (χ0n) is 16.7. The molecule has 3 heterocycles. The third kappa shape index (κ3) is 3.09. The molecule has 0 atom stereocenters. The summed E-state index contributed by atoms with van der Waals surface area (Å²) < 4.78 is 5.54. The lowest BCUT2D eigenvalue weighted by atomic mass is 10.1. The molecule has 150 valence electrons. The van der Waals surface area contributed by atoms with Crippen LogP contribution in [0.3, 0.4) is 0 Å². The number of para-hydroxylation sites is 1. The second-order valence-electron chi connectivity index (χ2n) is 7.18. The van der Waals surface area contributed by atoms with Gasteiger partial charge in [-0.2, -0.15) is 5.10 Å². The predicted octanol–water partition coefficient (Wildman–Crippen LogP) is 3.64. The second kappa shape index (κ2) is 7.46. The van der Waals surface area contributed by atoms with E-state index in [0.29, 0.717) is 11.2 Å². The first-order chi connectivity index (χ1) is 14.6. The largest absolute Gasteiger partial charge is 0.272 e. The quantitative estimate of drug-likeness (QED) is 0.409. The van der Waals surface area contributed by atoms with Crippen LogP contribution in [0.15, 0.2) is 70.9 Å². The van der Waals surface area contributed by atoms with Crippen LogP contribution in [-0.4, -0.2) is 34.7 Å². The maximum atomic E-state index is 13.4. The highest BCUT2D eigenvalue weighted by molar-refractivity contribution is 7.99. The number of nitrogens with zero attached hydrogens (tertiary/aromatic N) is 6. The van der Waals surface area contributed by atoms with Gasteiger partial charge < -0.3 is 0 Å². The van der Waals surface area contributed by atoms with Gasteiger partial charge in [0, 0.05) is 18.1 Å². The van der Waals surface area contributed by atoms with E-state index in [2.05, 4.69) is 15.3 Å². The number of hydrogen-bond acceptors (Lipinski definition) is 5. The summed E-state index contributed by atoms with van der Waals surface area (Å²) in [5.41, 5.74) is 3.65. The van der Waals surface area contributed by atoms with Crippen molar-refractivity contribution >= 4 is 28.4 Å². The highest BCUT2D eigenvalue weighted by Crippen LogP contribution is 2.24. The molecule has 0 N–H and O–H groups in total. The van der Waals surface area contributed by atoms with Gasteiger partial charge in [-0.3, -0.25) is 13.9 Å². The molecule has 0 amide bonds. The van der Waals surface area contributed by atoms with Crippen molar-refractivity contribution < 1.29 is 0 Å². The average Bonchev–Trinajstić information content (AvgIpc) is 3.41. The summed E-state index contributed by atoms with van der Waals surface area (Å²) >= 11 is 1.60. The monoisotopic (exact) mass is 416 g/mol. The summed E-state index contributed by atoms with van der Waals surface area (Å²) in [4.78, 5) is 13.4. The minimum atomic E-state index is -0.0905. The second-order valence-corrected chi connectivity index (χ2v) is 8.25. The maximum Gasteiger partial charge on any atom is 0.267 e. The van der Waals surface area contributed by atoms with E-state index in [0.717, 1.165) is 39.8 Å². The van der Waals surface area contributed by atoms with Gasteiger partial charge >= 0.3 is 0 Å². The lowest BCUT2D eigenvalue weighted by Crippen LogP contribution is -2.22. The van der Waals surface area contributed by atoms with Gasteiger partial charge in [-0.05, 0) is 49.2 Å². The number of fused-ring (bicyclic) bond motifs is 3. The van der Waals surface area contributed by atoms with Gasteiger partial charge in [0.25, 0.3) is 5.56 Å². The lowest BCUT2D eigenvalue weighted by molar-refractivity contribution is 0.665. The van der Waals surface area contributed by atoms with Crippen LogP contribution in [0.4, 0.5) is 0 Å². The Kier molecular flexibility index (Phi) is 4.63. The molecule has 0 saturated heterocycles. The maximum absolute atomic E-state index is 13.4. The third-order valence-corrected chi connectivity index (χ3v) is 6.02. The summed E-state index contributed by atoms with van der Waals surface area (Å²) in [6.07, 6.45) is 3.71. The lowest BCUT2D eigenvalue weighted by Gasteiger charge is -2.14. The van der Waals surface area contributed by atoms with E-state index in [9.17, 15) is 4.79 Å². The Balaban J connectivity index is 1.71. The van der Waals surface area contributed by atoms with Gasteiger partial charge in [0.05, 0.1) is 23.1 Å². The summed E-state index contributed by atoms with van der Waals surface area (Å²) in [5.74, 6) is 1.31. The van der Waals surface area contributed by atoms with Crippen molar-refractivity contribution in [3.05, 3.63) is 82.4 Å². The van der Waals surface area contributed by atoms with Crippen molar-refractivity contribution in [2.45, 2.75) is 25.5 Å². The predicted molar refractivity (Wildman–Crippen MR) is 119 cm³/mol. The molecule has 0 saturated carbocycles. The van der Waals surface area contributed by atoms with Crippen molar-refractivity contribution in [3.8, 4) is 5.69 Å². The molecule has 0 aliphatic carbocycles. The first-order valence-electron chi connectivity index (χ1n) is 9.70. The number of hydrogen-bond donors (Lipinski definition) is 0.